The number of hydrogen-bond donors (Lipinski definition) is 2. The Kier molecular flexibility index (Phi) is 3.29. The fourth-order valence-corrected chi connectivity index (χ4v) is 6.13. The minimum absolute atomic E-state index is 0.00450. The van der Waals surface area contributed by atoms with Crippen LogP contribution in [0.25, 0.3) is 0 Å². The van der Waals surface area contributed by atoms with E-state index in [1.165, 1.54) is 0 Å². The van der Waals surface area contributed by atoms with Crippen molar-refractivity contribution in [2.24, 2.45) is 17.8 Å². The molecule has 120 valence electrons. The van der Waals surface area contributed by atoms with Crippen LogP contribution in [0.15, 0.2) is 23.1 Å². The summed E-state index contributed by atoms with van der Waals surface area (Å²) >= 11 is 0. The van der Waals surface area contributed by atoms with Crippen LogP contribution in [0.1, 0.15) is 6.42 Å². The lowest BCUT2D eigenvalue weighted by atomic mass is 9.76. The molecule has 3 fully saturated rings. The first-order chi connectivity index (χ1) is 10.5. The summed E-state index contributed by atoms with van der Waals surface area (Å²) < 4.78 is 51.2. The number of fused-ring (bicyclic) bond motifs is 5. The summed E-state index contributed by atoms with van der Waals surface area (Å²) in [7, 11) is -3.60. The third-order valence-electron chi connectivity index (χ3n) is 5.44. The van der Waals surface area contributed by atoms with Crippen LogP contribution >= 0.6 is 0 Å². The molecule has 0 amide bonds. The van der Waals surface area contributed by atoms with Crippen LogP contribution in [0.5, 0.6) is 0 Å². The van der Waals surface area contributed by atoms with Crippen molar-refractivity contribution in [1.82, 2.24) is 10.6 Å². The van der Waals surface area contributed by atoms with Gasteiger partial charge in [0.05, 0.1) is 10.6 Å². The zero-order valence-electron chi connectivity index (χ0n) is 11.9. The molecule has 0 saturated carbocycles. The summed E-state index contributed by atoms with van der Waals surface area (Å²) in [5.74, 6) is -1.01. The fourth-order valence-electron chi connectivity index (χ4n) is 4.47. The maximum absolute atomic E-state index is 13.3. The van der Waals surface area contributed by atoms with Crippen molar-refractivity contribution in [3.05, 3.63) is 29.8 Å². The van der Waals surface area contributed by atoms with Crippen LogP contribution in [-0.2, 0) is 9.84 Å². The normalized spacial score (nSPS) is 36.7. The van der Waals surface area contributed by atoms with Crippen molar-refractivity contribution in [3.8, 4) is 0 Å². The Hall–Kier alpha value is -1.05. The molecule has 3 heterocycles. The van der Waals surface area contributed by atoms with Gasteiger partial charge in [0.25, 0.3) is 0 Å². The standard InChI is InChI=1S/C15H18F2N2O2S/c16-12-2-1-9(4-13(12)17)22(20,21)7-8-3-14-10-5-18-6-11(10)15(8)19-14/h1-2,4,8,10-11,14-15,18-19H,3,5-7H2/t8?,10-,11+,14-,15+/m1/s1. The van der Waals surface area contributed by atoms with Gasteiger partial charge in [-0.25, -0.2) is 17.2 Å². The first kappa shape index (κ1) is 14.5. The van der Waals surface area contributed by atoms with Crippen LogP contribution in [0.2, 0.25) is 0 Å². The number of sulfone groups is 1. The van der Waals surface area contributed by atoms with E-state index in [1.807, 2.05) is 0 Å². The SMILES string of the molecule is O=S(=O)(CC1C[C@H]2N[C@@H]1[C@H]1CNC[C@H]12)c1ccc(F)c(F)c1. The molecule has 0 aromatic heterocycles. The van der Waals surface area contributed by atoms with Crippen molar-refractivity contribution in [1.29, 1.82) is 0 Å². The minimum atomic E-state index is -3.60. The molecule has 22 heavy (non-hydrogen) atoms. The predicted molar refractivity (Wildman–Crippen MR) is 77.1 cm³/mol. The molecular formula is C15H18F2N2O2S. The average molecular weight is 328 g/mol. The molecule has 3 aliphatic rings. The zero-order valence-corrected chi connectivity index (χ0v) is 12.7. The van der Waals surface area contributed by atoms with Crippen LogP contribution < -0.4 is 10.6 Å². The first-order valence-electron chi connectivity index (χ1n) is 7.60. The molecule has 1 aromatic carbocycles. The lowest BCUT2D eigenvalue weighted by molar-refractivity contribution is 0.291. The summed E-state index contributed by atoms with van der Waals surface area (Å²) in [6, 6.07) is 3.40. The molecule has 1 unspecified atom stereocenters. The van der Waals surface area contributed by atoms with Crippen molar-refractivity contribution in [3.63, 3.8) is 0 Å². The highest BCUT2D eigenvalue weighted by atomic mass is 32.2. The smallest absolute Gasteiger partial charge is 0.178 e. The molecule has 4 rings (SSSR count). The van der Waals surface area contributed by atoms with Crippen molar-refractivity contribution < 1.29 is 17.2 Å². The van der Waals surface area contributed by atoms with Gasteiger partial charge in [-0.1, -0.05) is 0 Å². The Morgan fingerprint density at radius 1 is 1.14 bits per heavy atom. The highest BCUT2D eigenvalue weighted by Gasteiger charge is 2.54. The lowest BCUT2D eigenvalue weighted by Crippen LogP contribution is -2.37. The van der Waals surface area contributed by atoms with Gasteiger partial charge in [0.15, 0.2) is 21.5 Å². The Morgan fingerprint density at radius 2 is 1.91 bits per heavy atom. The number of rotatable bonds is 3. The van der Waals surface area contributed by atoms with Gasteiger partial charge in [0, 0.05) is 12.1 Å². The van der Waals surface area contributed by atoms with Crippen molar-refractivity contribution in [2.75, 3.05) is 18.8 Å². The van der Waals surface area contributed by atoms with Gasteiger partial charge < -0.3 is 10.6 Å². The van der Waals surface area contributed by atoms with Gasteiger partial charge in [0.2, 0.25) is 0 Å². The molecule has 4 nitrogen and oxygen atoms in total. The maximum atomic E-state index is 13.3. The van der Waals surface area contributed by atoms with Crippen LogP contribution in [-0.4, -0.2) is 39.3 Å². The lowest BCUT2D eigenvalue weighted by Gasteiger charge is -2.28. The van der Waals surface area contributed by atoms with E-state index in [9.17, 15) is 17.2 Å². The molecule has 5 atom stereocenters. The topological polar surface area (TPSA) is 58.2 Å². The van der Waals surface area contributed by atoms with E-state index in [2.05, 4.69) is 10.6 Å². The first-order valence-corrected chi connectivity index (χ1v) is 9.25. The molecule has 0 spiro atoms. The largest absolute Gasteiger partial charge is 0.316 e. The summed E-state index contributed by atoms with van der Waals surface area (Å²) in [4.78, 5) is -0.129. The van der Waals surface area contributed by atoms with Crippen molar-refractivity contribution >= 4 is 9.84 Å². The summed E-state index contributed by atoms with van der Waals surface area (Å²) in [6.45, 7) is 1.93. The van der Waals surface area contributed by atoms with Crippen LogP contribution in [0.4, 0.5) is 8.78 Å². The molecule has 3 saturated heterocycles. The van der Waals surface area contributed by atoms with Gasteiger partial charge in [-0.2, -0.15) is 0 Å². The van der Waals surface area contributed by atoms with E-state index in [4.69, 9.17) is 0 Å². The Balaban J connectivity index is 1.54. The summed E-state index contributed by atoms with van der Waals surface area (Å²) in [5, 5.41) is 6.91. The van der Waals surface area contributed by atoms with E-state index in [0.29, 0.717) is 17.9 Å². The van der Waals surface area contributed by atoms with E-state index in [0.717, 1.165) is 37.7 Å². The highest BCUT2D eigenvalue weighted by molar-refractivity contribution is 7.91. The molecule has 0 radical (unpaired) electrons. The van der Waals surface area contributed by atoms with E-state index in [-0.39, 0.29) is 22.6 Å². The number of benzene rings is 1. The Morgan fingerprint density at radius 3 is 2.68 bits per heavy atom. The van der Waals surface area contributed by atoms with Gasteiger partial charge in [-0.15, -0.1) is 0 Å². The molecule has 3 aliphatic heterocycles. The quantitative estimate of drug-likeness (QED) is 0.811. The zero-order chi connectivity index (χ0) is 15.5. The summed E-state index contributed by atoms with van der Waals surface area (Å²) in [5.41, 5.74) is 0. The molecule has 1 aromatic rings. The van der Waals surface area contributed by atoms with E-state index < -0.39 is 21.5 Å². The Bertz CT molecular complexity index is 709. The van der Waals surface area contributed by atoms with Gasteiger partial charge in [-0.05, 0) is 55.5 Å². The fraction of sp³-hybridized carbons (Fsp3) is 0.600. The predicted octanol–water partition coefficient (Wildman–Crippen LogP) is 0.934. The molecule has 7 heteroatoms. The van der Waals surface area contributed by atoms with Gasteiger partial charge in [-0.3, -0.25) is 0 Å². The molecule has 0 aliphatic carbocycles. The van der Waals surface area contributed by atoms with Gasteiger partial charge in [0.1, 0.15) is 0 Å². The second-order valence-corrected chi connectivity index (χ2v) is 8.67. The van der Waals surface area contributed by atoms with Crippen LogP contribution in [0, 0.1) is 29.4 Å². The van der Waals surface area contributed by atoms with Gasteiger partial charge >= 0.3 is 0 Å². The van der Waals surface area contributed by atoms with E-state index in [1.54, 1.807) is 0 Å². The second-order valence-electron chi connectivity index (χ2n) is 6.64. The third-order valence-corrected chi connectivity index (χ3v) is 7.28. The third kappa shape index (κ3) is 2.18. The monoisotopic (exact) mass is 328 g/mol. The Labute approximate surface area is 128 Å². The molecular weight excluding hydrogens is 310 g/mol. The minimum Gasteiger partial charge on any atom is -0.316 e. The molecule has 2 N–H and O–H groups in total. The second kappa shape index (κ2) is 4.97. The maximum Gasteiger partial charge on any atom is 0.178 e. The number of nitrogens with one attached hydrogen (secondary N) is 2. The highest BCUT2D eigenvalue weighted by Crippen LogP contribution is 2.44. The molecule has 2 bridgehead atoms. The van der Waals surface area contributed by atoms with Crippen LogP contribution in [0.3, 0.4) is 0 Å². The summed E-state index contributed by atoms with van der Waals surface area (Å²) in [6.07, 6.45) is 0.844. The van der Waals surface area contributed by atoms with Crippen molar-refractivity contribution in [2.45, 2.75) is 23.4 Å². The van der Waals surface area contributed by atoms with E-state index >= 15 is 0 Å². The number of hydrogen-bond acceptors (Lipinski definition) is 4. The number of halogens is 2. The average Bonchev–Trinajstić information content (AvgIpc) is 3.12.